The molecule has 3 aromatic rings. The van der Waals surface area contributed by atoms with Crippen LogP contribution in [0.4, 0.5) is 0 Å². The Morgan fingerprint density at radius 1 is 1.18 bits per heavy atom. The van der Waals surface area contributed by atoms with E-state index < -0.39 is 5.76 Å². The molecule has 1 atom stereocenters. The lowest BCUT2D eigenvalue weighted by molar-refractivity contribution is -0.132. The number of oxazole rings is 1. The van der Waals surface area contributed by atoms with Crippen LogP contribution < -0.4 is 15.2 Å². The molecule has 0 unspecified atom stereocenters. The third-order valence-corrected chi connectivity index (χ3v) is 5.24. The zero-order valence-corrected chi connectivity index (χ0v) is 15.9. The minimum absolute atomic E-state index is 0.0569. The highest BCUT2D eigenvalue weighted by atomic mass is 16.5. The first-order valence-electron chi connectivity index (χ1n) is 9.22. The zero-order chi connectivity index (χ0) is 19.7. The first-order chi connectivity index (χ1) is 13.6. The van der Waals surface area contributed by atoms with Crippen LogP contribution in [0, 0.1) is 0 Å². The number of fused-ring (bicyclic) bond motifs is 1. The van der Waals surface area contributed by atoms with Crippen molar-refractivity contribution in [2.24, 2.45) is 0 Å². The van der Waals surface area contributed by atoms with E-state index in [1.807, 2.05) is 29.2 Å². The number of nitrogens with zero attached hydrogens (tertiary/aromatic N) is 2. The number of rotatable bonds is 5. The molecule has 1 aliphatic rings. The predicted octanol–water partition coefficient (Wildman–Crippen LogP) is 2.98. The van der Waals surface area contributed by atoms with Gasteiger partial charge in [0.1, 0.15) is 18.0 Å². The molecule has 7 nitrogen and oxygen atoms in total. The van der Waals surface area contributed by atoms with Crippen molar-refractivity contribution in [3.05, 3.63) is 58.6 Å². The second kappa shape index (κ2) is 7.42. The van der Waals surface area contributed by atoms with Crippen LogP contribution in [0.25, 0.3) is 11.1 Å². The molecular formula is C21H22N2O5. The summed E-state index contributed by atoms with van der Waals surface area (Å²) in [5.74, 6) is 0.786. The number of aromatic nitrogens is 1. The Balaban J connectivity index is 1.64. The maximum Gasteiger partial charge on any atom is 0.420 e. The molecule has 0 aliphatic carbocycles. The molecule has 0 saturated carbocycles. The molecule has 0 bridgehead atoms. The summed E-state index contributed by atoms with van der Waals surface area (Å²) in [7, 11) is 3.23. The number of carbonyl (C=O) groups excluding carboxylic acids is 1. The Bertz CT molecular complexity index is 1070. The summed E-state index contributed by atoms with van der Waals surface area (Å²) in [4.78, 5) is 27.1. The van der Waals surface area contributed by atoms with Crippen LogP contribution in [0.1, 0.15) is 24.4 Å². The van der Waals surface area contributed by atoms with E-state index in [0.29, 0.717) is 23.4 Å². The number of carbonyl (C=O) groups is 1. The highest BCUT2D eigenvalue weighted by molar-refractivity contribution is 5.80. The van der Waals surface area contributed by atoms with Gasteiger partial charge in [0.2, 0.25) is 5.91 Å². The van der Waals surface area contributed by atoms with Crippen LogP contribution in [0.3, 0.4) is 0 Å². The maximum atomic E-state index is 13.1. The van der Waals surface area contributed by atoms with Gasteiger partial charge < -0.3 is 18.8 Å². The minimum atomic E-state index is -0.524. The molecule has 28 heavy (non-hydrogen) atoms. The van der Waals surface area contributed by atoms with Crippen LogP contribution in [-0.4, -0.2) is 36.1 Å². The smallest absolute Gasteiger partial charge is 0.420 e. The SMILES string of the molecule is COc1ccc(OC)c([C@H]2CCCN2C(=O)Cn2c(=O)oc3ccccc32)c1. The second-order valence-corrected chi connectivity index (χ2v) is 6.77. The van der Waals surface area contributed by atoms with Crippen molar-refractivity contribution >= 4 is 17.0 Å². The van der Waals surface area contributed by atoms with Gasteiger partial charge in [0.15, 0.2) is 5.58 Å². The molecule has 2 aromatic carbocycles. The third-order valence-electron chi connectivity index (χ3n) is 5.24. The number of methoxy groups -OCH3 is 2. The van der Waals surface area contributed by atoms with Crippen LogP contribution in [0.2, 0.25) is 0 Å². The highest BCUT2D eigenvalue weighted by Crippen LogP contribution is 2.39. The summed E-state index contributed by atoms with van der Waals surface area (Å²) in [6.07, 6.45) is 1.72. The number of para-hydroxylation sites is 2. The molecule has 1 fully saturated rings. The van der Waals surface area contributed by atoms with Crippen molar-refractivity contribution in [1.82, 2.24) is 9.47 Å². The average Bonchev–Trinajstić information content (AvgIpc) is 3.32. The van der Waals surface area contributed by atoms with Crippen molar-refractivity contribution in [3.8, 4) is 11.5 Å². The van der Waals surface area contributed by atoms with Crippen molar-refractivity contribution in [2.75, 3.05) is 20.8 Å². The van der Waals surface area contributed by atoms with E-state index in [2.05, 4.69) is 0 Å². The molecule has 7 heteroatoms. The van der Waals surface area contributed by atoms with Crippen molar-refractivity contribution in [1.29, 1.82) is 0 Å². The number of likely N-dealkylation sites (tertiary alicyclic amines) is 1. The second-order valence-electron chi connectivity index (χ2n) is 6.77. The molecule has 2 heterocycles. The topological polar surface area (TPSA) is 73.9 Å². The van der Waals surface area contributed by atoms with E-state index in [9.17, 15) is 9.59 Å². The molecule has 1 aliphatic heterocycles. The fourth-order valence-electron chi connectivity index (χ4n) is 3.88. The Hall–Kier alpha value is -3.22. The fraction of sp³-hybridized carbons (Fsp3) is 0.333. The van der Waals surface area contributed by atoms with Crippen LogP contribution in [0.5, 0.6) is 11.5 Å². The molecule has 1 aromatic heterocycles. The Kier molecular flexibility index (Phi) is 4.81. The molecular weight excluding hydrogens is 360 g/mol. The van der Waals surface area contributed by atoms with E-state index in [0.717, 1.165) is 24.2 Å². The van der Waals surface area contributed by atoms with Crippen molar-refractivity contribution in [2.45, 2.75) is 25.4 Å². The number of ether oxygens (including phenoxy) is 2. The van der Waals surface area contributed by atoms with E-state index in [1.165, 1.54) is 4.57 Å². The maximum absolute atomic E-state index is 13.1. The van der Waals surface area contributed by atoms with Crippen LogP contribution >= 0.6 is 0 Å². The Morgan fingerprint density at radius 3 is 2.79 bits per heavy atom. The van der Waals surface area contributed by atoms with Gasteiger partial charge in [0, 0.05) is 12.1 Å². The number of hydrogen-bond acceptors (Lipinski definition) is 5. The van der Waals surface area contributed by atoms with Crippen molar-refractivity contribution in [3.63, 3.8) is 0 Å². The third kappa shape index (κ3) is 3.13. The average molecular weight is 382 g/mol. The summed E-state index contributed by atoms with van der Waals surface area (Å²) in [5.41, 5.74) is 2.01. The van der Waals surface area contributed by atoms with Gasteiger partial charge in [-0.05, 0) is 43.2 Å². The zero-order valence-electron chi connectivity index (χ0n) is 15.9. The number of amides is 1. The molecule has 1 saturated heterocycles. The van der Waals surface area contributed by atoms with Gasteiger partial charge in [0.05, 0.1) is 25.8 Å². The standard InChI is InChI=1S/C21H22N2O5/c1-26-14-9-10-18(27-2)15(12-14)16-7-5-11-22(16)20(24)13-23-17-6-3-4-8-19(17)28-21(23)25/h3-4,6,8-10,12,16H,5,7,11,13H2,1-2H3/t16-/m1/s1. The molecule has 0 radical (unpaired) electrons. The Morgan fingerprint density at radius 2 is 2.00 bits per heavy atom. The molecule has 146 valence electrons. The number of hydrogen-bond donors (Lipinski definition) is 0. The normalized spacial score (nSPS) is 16.5. The van der Waals surface area contributed by atoms with E-state index in [1.54, 1.807) is 32.4 Å². The van der Waals surface area contributed by atoms with Gasteiger partial charge in [-0.3, -0.25) is 9.36 Å². The predicted molar refractivity (Wildman–Crippen MR) is 104 cm³/mol. The molecule has 4 rings (SSSR count). The van der Waals surface area contributed by atoms with E-state index >= 15 is 0 Å². The van der Waals surface area contributed by atoms with Crippen LogP contribution in [0.15, 0.2) is 51.7 Å². The summed E-state index contributed by atoms with van der Waals surface area (Å²) in [6, 6.07) is 12.6. The summed E-state index contributed by atoms with van der Waals surface area (Å²) >= 11 is 0. The number of benzene rings is 2. The first kappa shape index (κ1) is 18.2. The van der Waals surface area contributed by atoms with Gasteiger partial charge in [-0.15, -0.1) is 0 Å². The lowest BCUT2D eigenvalue weighted by Gasteiger charge is -2.26. The molecule has 1 amide bonds. The lowest BCUT2D eigenvalue weighted by Crippen LogP contribution is -2.35. The molecule has 0 spiro atoms. The lowest BCUT2D eigenvalue weighted by atomic mass is 10.0. The van der Waals surface area contributed by atoms with Gasteiger partial charge in [-0.2, -0.15) is 0 Å². The van der Waals surface area contributed by atoms with Gasteiger partial charge in [-0.25, -0.2) is 4.79 Å². The quantitative estimate of drug-likeness (QED) is 0.678. The highest BCUT2D eigenvalue weighted by Gasteiger charge is 2.32. The van der Waals surface area contributed by atoms with Gasteiger partial charge in [0.25, 0.3) is 0 Å². The Labute approximate surface area is 162 Å². The minimum Gasteiger partial charge on any atom is -0.497 e. The van der Waals surface area contributed by atoms with Gasteiger partial charge >= 0.3 is 5.76 Å². The van der Waals surface area contributed by atoms with E-state index in [-0.39, 0.29) is 18.5 Å². The first-order valence-corrected chi connectivity index (χ1v) is 9.22. The van der Waals surface area contributed by atoms with Gasteiger partial charge in [-0.1, -0.05) is 12.1 Å². The summed E-state index contributed by atoms with van der Waals surface area (Å²) in [6.45, 7) is 0.576. The van der Waals surface area contributed by atoms with Crippen molar-refractivity contribution < 1.29 is 18.7 Å². The summed E-state index contributed by atoms with van der Waals surface area (Å²) < 4.78 is 17.5. The monoisotopic (exact) mass is 382 g/mol. The fourth-order valence-corrected chi connectivity index (χ4v) is 3.88. The summed E-state index contributed by atoms with van der Waals surface area (Å²) in [5, 5.41) is 0. The largest absolute Gasteiger partial charge is 0.497 e. The van der Waals surface area contributed by atoms with E-state index in [4.69, 9.17) is 13.9 Å². The molecule has 0 N–H and O–H groups in total. The van der Waals surface area contributed by atoms with Crippen LogP contribution in [-0.2, 0) is 11.3 Å².